The van der Waals surface area contributed by atoms with Crippen LogP contribution in [0.3, 0.4) is 0 Å². The van der Waals surface area contributed by atoms with E-state index in [4.69, 9.17) is 5.26 Å². The normalized spacial score (nSPS) is 15.3. The van der Waals surface area contributed by atoms with Crippen LogP contribution >= 0.6 is 0 Å². The molecule has 1 heterocycles. The summed E-state index contributed by atoms with van der Waals surface area (Å²) < 4.78 is 0. The van der Waals surface area contributed by atoms with Crippen LogP contribution in [-0.2, 0) is 6.42 Å². The van der Waals surface area contributed by atoms with Gasteiger partial charge in [0.2, 0.25) is 0 Å². The van der Waals surface area contributed by atoms with E-state index in [9.17, 15) is 0 Å². The molecule has 1 aromatic heterocycles. The summed E-state index contributed by atoms with van der Waals surface area (Å²) in [6.07, 6.45) is 5.27. The summed E-state index contributed by atoms with van der Waals surface area (Å²) in [7, 11) is 0. The molecule has 1 N–H and O–H groups in total. The van der Waals surface area contributed by atoms with Crippen LogP contribution in [0, 0.1) is 16.7 Å². The lowest BCUT2D eigenvalue weighted by molar-refractivity contribution is 0.538. The molecule has 1 aromatic carbocycles. The summed E-state index contributed by atoms with van der Waals surface area (Å²) in [5.74, 6) is 0.850. The zero-order valence-electron chi connectivity index (χ0n) is 11.3. The topological polar surface area (TPSA) is 48.7 Å². The maximum Gasteiger partial charge on any atom is 0.125 e. The van der Waals surface area contributed by atoms with Crippen molar-refractivity contribution in [2.75, 3.05) is 11.9 Å². The van der Waals surface area contributed by atoms with Gasteiger partial charge in [-0.25, -0.2) is 4.98 Å². The number of nitrogens with one attached hydrogen (secondary N) is 1. The van der Waals surface area contributed by atoms with E-state index < -0.39 is 0 Å². The van der Waals surface area contributed by atoms with E-state index in [-0.39, 0.29) is 0 Å². The molecule has 0 atom stereocenters. The maximum absolute atomic E-state index is 8.75. The Balaban J connectivity index is 1.59. The highest BCUT2D eigenvalue weighted by molar-refractivity contribution is 5.39. The van der Waals surface area contributed by atoms with Gasteiger partial charge >= 0.3 is 0 Å². The molecule has 3 heteroatoms. The first-order valence-corrected chi connectivity index (χ1v) is 6.94. The highest BCUT2D eigenvalue weighted by Gasteiger charge is 2.42. The molecule has 2 aromatic rings. The standard InChI is InChI=1S/C17H17N3/c18-11-15-6-7-16(19-12-15)20-13-17(8-9-17)10-14-4-2-1-3-5-14/h1-7,12H,8-10,13H2,(H,19,20). The zero-order chi connectivity index (χ0) is 13.8. The second-order valence-electron chi connectivity index (χ2n) is 5.56. The van der Waals surface area contributed by atoms with Gasteiger partial charge in [-0.15, -0.1) is 0 Å². The third kappa shape index (κ3) is 2.97. The molecule has 1 aliphatic rings. The molecule has 20 heavy (non-hydrogen) atoms. The number of hydrogen-bond acceptors (Lipinski definition) is 3. The molecule has 0 amide bonds. The minimum absolute atomic E-state index is 0.386. The number of pyridine rings is 1. The molecule has 100 valence electrons. The molecule has 0 spiro atoms. The molecule has 1 fully saturated rings. The van der Waals surface area contributed by atoms with Gasteiger partial charge in [-0.3, -0.25) is 0 Å². The fourth-order valence-corrected chi connectivity index (χ4v) is 2.46. The van der Waals surface area contributed by atoms with Crippen LogP contribution in [0.1, 0.15) is 24.0 Å². The first-order chi connectivity index (χ1) is 9.80. The van der Waals surface area contributed by atoms with Crippen molar-refractivity contribution in [3.63, 3.8) is 0 Å². The molecule has 0 bridgehead atoms. The van der Waals surface area contributed by atoms with E-state index in [2.05, 4.69) is 46.7 Å². The van der Waals surface area contributed by atoms with Gasteiger partial charge in [-0.2, -0.15) is 5.26 Å². The molecule has 1 saturated carbocycles. The van der Waals surface area contributed by atoms with Crippen molar-refractivity contribution in [1.29, 1.82) is 5.26 Å². The van der Waals surface area contributed by atoms with Crippen LogP contribution in [0.5, 0.6) is 0 Å². The number of anilines is 1. The van der Waals surface area contributed by atoms with Crippen molar-refractivity contribution >= 4 is 5.82 Å². The van der Waals surface area contributed by atoms with E-state index in [1.807, 2.05) is 6.07 Å². The number of aromatic nitrogens is 1. The van der Waals surface area contributed by atoms with E-state index in [0.717, 1.165) is 18.8 Å². The van der Waals surface area contributed by atoms with E-state index in [1.165, 1.54) is 18.4 Å². The van der Waals surface area contributed by atoms with Crippen molar-refractivity contribution in [1.82, 2.24) is 4.98 Å². The number of nitrogens with zero attached hydrogens (tertiary/aromatic N) is 2. The third-order valence-corrected chi connectivity index (χ3v) is 3.92. The number of rotatable bonds is 5. The van der Waals surface area contributed by atoms with Crippen LogP contribution in [0.15, 0.2) is 48.7 Å². The second-order valence-corrected chi connectivity index (χ2v) is 5.56. The largest absolute Gasteiger partial charge is 0.370 e. The zero-order valence-corrected chi connectivity index (χ0v) is 11.3. The molecule has 1 aliphatic carbocycles. The van der Waals surface area contributed by atoms with E-state index in [1.54, 1.807) is 12.3 Å². The number of benzene rings is 1. The Labute approximate surface area is 119 Å². The summed E-state index contributed by atoms with van der Waals surface area (Å²) in [5.41, 5.74) is 2.39. The SMILES string of the molecule is N#Cc1ccc(NCC2(Cc3ccccc3)CC2)nc1. The fourth-order valence-electron chi connectivity index (χ4n) is 2.46. The van der Waals surface area contributed by atoms with Crippen molar-refractivity contribution in [2.24, 2.45) is 5.41 Å². The van der Waals surface area contributed by atoms with Gasteiger partial charge in [0.1, 0.15) is 11.9 Å². The summed E-state index contributed by atoms with van der Waals surface area (Å²) >= 11 is 0. The monoisotopic (exact) mass is 263 g/mol. The third-order valence-electron chi connectivity index (χ3n) is 3.92. The second kappa shape index (κ2) is 5.34. The Kier molecular flexibility index (Phi) is 3.39. The van der Waals surface area contributed by atoms with Gasteiger partial charge in [-0.05, 0) is 42.4 Å². The lowest BCUT2D eigenvalue weighted by Crippen LogP contribution is -2.18. The average Bonchev–Trinajstić information content (AvgIpc) is 3.27. The molecular formula is C17H17N3. The number of nitriles is 1. The van der Waals surface area contributed by atoms with Crippen molar-refractivity contribution in [2.45, 2.75) is 19.3 Å². The summed E-state index contributed by atoms with van der Waals surface area (Å²) in [6, 6.07) is 16.4. The van der Waals surface area contributed by atoms with Crippen LogP contribution in [-0.4, -0.2) is 11.5 Å². The molecular weight excluding hydrogens is 246 g/mol. The highest BCUT2D eigenvalue weighted by Crippen LogP contribution is 2.48. The smallest absolute Gasteiger partial charge is 0.125 e. The first kappa shape index (κ1) is 12.7. The Hall–Kier alpha value is -2.34. The highest BCUT2D eigenvalue weighted by atomic mass is 15.0. The molecule has 0 unspecified atom stereocenters. The van der Waals surface area contributed by atoms with Crippen LogP contribution < -0.4 is 5.32 Å². The minimum Gasteiger partial charge on any atom is -0.370 e. The van der Waals surface area contributed by atoms with Crippen molar-refractivity contribution < 1.29 is 0 Å². The maximum atomic E-state index is 8.75. The Morgan fingerprint density at radius 2 is 1.95 bits per heavy atom. The van der Waals surface area contributed by atoms with E-state index >= 15 is 0 Å². The molecule has 0 saturated heterocycles. The summed E-state index contributed by atoms with van der Waals surface area (Å²) in [4.78, 5) is 4.25. The first-order valence-electron chi connectivity index (χ1n) is 6.94. The Morgan fingerprint density at radius 1 is 1.15 bits per heavy atom. The Bertz CT molecular complexity index is 607. The molecule has 0 aliphatic heterocycles. The predicted molar refractivity (Wildman–Crippen MR) is 79.3 cm³/mol. The lowest BCUT2D eigenvalue weighted by atomic mass is 9.96. The van der Waals surface area contributed by atoms with E-state index in [0.29, 0.717) is 11.0 Å². The quantitative estimate of drug-likeness (QED) is 0.899. The fraction of sp³-hybridized carbons (Fsp3) is 0.294. The van der Waals surface area contributed by atoms with Gasteiger partial charge in [0, 0.05) is 12.7 Å². The van der Waals surface area contributed by atoms with Gasteiger partial charge in [-0.1, -0.05) is 30.3 Å². The Morgan fingerprint density at radius 3 is 2.55 bits per heavy atom. The van der Waals surface area contributed by atoms with Gasteiger partial charge in [0.25, 0.3) is 0 Å². The number of hydrogen-bond donors (Lipinski definition) is 1. The van der Waals surface area contributed by atoms with Gasteiger partial charge < -0.3 is 5.32 Å². The lowest BCUT2D eigenvalue weighted by Gasteiger charge is -2.16. The van der Waals surface area contributed by atoms with Gasteiger partial charge in [0.05, 0.1) is 5.56 Å². The van der Waals surface area contributed by atoms with Gasteiger partial charge in [0.15, 0.2) is 0 Å². The van der Waals surface area contributed by atoms with Crippen molar-refractivity contribution in [3.05, 3.63) is 59.8 Å². The van der Waals surface area contributed by atoms with Crippen LogP contribution in [0.2, 0.25) is 0 Å². The molecule has 0 radical (unpaired) electrons. The minimum atomic E-state index is 0.386. The molecule has 3 rings (SSSR count). The average molecular weight is 263 g/mol. The molecule has 3 nitrogen and oxygen atoms in total. The van der Waals surface area contributed by atoms with Crippen LogP contribution in [0.25, 0.3) is 0 Å². The van der Waals surface area contributed by atoms with Crippen LogP contribution in [0.4, 0.5) is 5.82 Å². The summed E-state index contributed by atoms with van der Waals surface area (Å²) in [5, 5.41) is 12.1. The summed E-state index contributed by atoms with van der Waals surface area (Å²) in [6.45, 7) is 0.945. The van der Waals surface area contributed by atoms with Crippen molar-refractivity contribution in [3.8, 4) is 6.07 Å². The predicted octanol–water partition coefficient (Wildman–Crippen LogP) is 3.39.